The standard InChI is InChI=1S/C23H24O4S.HI/c1-3-4-17-26-20-13-11-19(12-14-20)22-7-5-6-8-23(22)27-28(24,25)21-15-9-18(2)10-16-21;/h5-16H,3-4,17H2,1-2H3;1H. The lowest BCUT2D eigenvalue weighted by Gasteiger charge is -2.12. The summed E-state index contributed by atoms with van der Waals surface area (Å²) in [6, 6.07) is 21.3. The second kappa shape index (κ2) is 10.6. The molecule has 3 aromatic rings. The summed E-state index contributed by atoms with van der Waals surface area (Å²) in [6.07, 6.45) is 2.09. The van der Waals surface area contributed by atoms with Crippen LogP contribution in [0.5, 0.6) is 11.5 Å². The van der Waals surface area contributed by atoms with E-state index in [9.17, 15) is 8.42 Å². The van der Waals surface area contributed by atoms with Crippen molar-refractivity contribution in [1.29, 1.82) is 0 Å². The Labute approximate surface area is 190 Å². The molecule has 0 heterocycles. The van der Waals surface area contributed by atoms with Crippen molar-refractivity contribution < 1.29 is 17.3 Å². The van der Waals surface area contributed by atoms with Gasteiger partial charge in [-0.2, -0.15) is 8.42 Å². The van der Waals surface area contributed by atoms with Crippen LogP contribution >= 0.6 is 24.0 Å². The molecule has 0 aromatic heterocycles. The van der Waals surface area contributed by atoms with Gasteiger partial charge in [-0.25, -0.2) is 0 Å². The van der Waals surface area contributed by atoms with E-state index >= 15 is 0 Å². The van der Waals surface area contributed by atoms with Crippen molar-refractivity contribution in [2.45, 2.75) is 31.6 Å². The van der Waals surface area contributed by atoms with Gasteiger partial charge in [-0.05, 0) is 49.2 Å². The lowest BCUT2D eigenvalue weighted by molar-refractivity contribution is 0.309. The molecule has 29 heavy (non-hydrogen) atoms. The fourth-order valence-electron chi connectivity index (χ4n) is 2.71. The second-order valence-electron chi connectivity index (χ2n) is 6.57. The van der Waals surface area contributed by atoms with Crippen molar-refractivity contribution in [3.05, 3.63) is 78.4 Å². The molecule has 0 amide bonds. The lowest BCUT2D eigenvalue weighted by atomic mass is 10.0. The number of halogens is 1. The van der Waals surface area contributed by atoms with Gasteiger partial charge in [-0.15, -0.1) is 24.0 Å². The molecule has 0 atom stereocenters. The van der Waals surface area contributed by atoms with Crippen LogP contribution in [-0.2, 0) is 10.1 Å². The summed E-state index contributed by atoms with van der Waals surface area (Å²) in [5.41, 5.74) is 2.55. The number of para-hydroxylation sites is 1. The molecular weight excluding hydrogens is 499 g/mol. The van der Waals surface area contributed by atoms with Gasteiger partial charge in [-0.1, -0.05) is 61.4 Å². The minimum atomic E-state index is -3.91. The molecule has 0 saturated heterocycles. The average molecular weight is 524 g/mol. The van der Waals surface area contributed by atoms with Gasteiger partial charge < -0.3 is 8.92 Å². The molecule has 0 N–H and O–H groups in total. The molecular formula is C23H25IO4S. The summed E-state index contributed by atoms with van der Waals surface area (Å²) in [6.45, 7) is 4.71. The average Bonchev–Trinajstić information content (AvgIpc) is 2.69. The first-order chi connectivity index (χ1) is 13.5. The summed E-state index contributed by atoms with van der Waals surface area (Å²) in [4.78, 5) is 0.132. The van der Waals surface area contributed by atoms with Crippen LogP contribution in [0.4, 0.5) is 0 Å². The lowest BCUT2D eigenvalue weighted by Crippen LogP contribution is -2.10. The molecule has 0 saturated carbocycles. The Balaban J connectivity index is 0.00000300. The van der Waals surface area contributed by atoms with Gasteiger partial charge in [-0.3, -0.25) is 0 Å². The SMILES string of the molecule is CCCCOc1ccc(-c2ccccc2OS(=O)(=O)c2ccc(C)cc2)cc1.I. The Kier molecular flexibility index (Phi) is 8.52. The van der Waals surface area contributed by atoms with Crippen LogP contribution in [0, 0.1) is 6.92 Å². The van der Waals surface area contributed by atoms with Crippen molar-refractivity contribution in [3.63, 3.8) is 0 Å². The monoisotopic (exact) mass is 524 g/mol. The quantitative estimate of drug-likeness (QED) is 0.199. The molecule has 6 heteroatoms. The highest BCUT2D eigenvalue weighted by Crippen LogP contribution is 2.33. The van der Waals surface area contributed by atoms with Gasteiger partial charge in [0.15, 0.2) is 5.75 Å². The first kappa shape index (κ1) is 23.2. The molecule has 0 unspecified atom stereocenters. The molecule has 0 fully saturated rings. The number of hydrogen-bond acceptors (Lipinski definition) is 4. The van der Waals surface area contributed by atoms with Crippen molar-refractivity contribution >= 4 is 34.1 Å². The van der Waals surface area contributed by atoms with Gasteiger partial charge in [0.05, 0.1) is 6.61 Å². The number of benzene rings is 3. The Morgan fingerprint density at radius 3 is 2.17 bits per heavy atom. The predicted octanol–water partition coefficient (Wildman–Crippen LogP) is 6.23. The molecule has 0 spiro atoms. The van der Waals surface area contributed by atoms with Gasteiger partial charge >= 0.3 is 10.1 Å². The number of aryl methyl sites for hydroxylation is 1. The maximum absolute atomic E-state index is 12.7. The predicted molar refractivity (Wildman–Crippen MR) is 127 cm³/mol. The van der Waals surface area contributed by atoms with E-state index in [1.54, 1.807) is 36.4 Å². The van der Waals surface area contributed by atoms with Crippen LogP contribution in [-0.4, -0.2) is 15.0 Å². The first-order valence-corrected chi connectivity index (χ1v) is 10.7. The molecule has 154 valence electrons. The third-order valence-corrected chi connectivity index (χ3v) is 5.58. The minimum absolute atomic E-state index is 0. The van der Waals surface area contributed by atoms with E-state index in [2.05, 4.69) is 6.92 Å². The van der Waals surface area contributed by atoms with Crippen molar-refractivity contribution in [2.75, 3.05) is 6.61 Å². The minimum Gasteiger partial charge on any atom is -0.494 e. The van der Waals surface area contributed by atoms with Crippen LogP contribution in [0.15, 0.2) is 77.7 Å². The number of hydrogen-bond donors (Lipinski definition) is 0. The third-order valence-electron chi connectivity index (χ3n) is 4.33. The summed E-state index contributed by atoms with van der Waals surface area (Å²) >= 11 is 0. The summed E-state index contributed by atoms with van der Waals surface area (Å²) in [7, 11) is -3.91. The zero-order chi connectivity index (χ0) is 20.0. The Hall–Kier alpha value is -2.06. The Morgan fingerprint density at radius 2 is 1.52 bits per heavy atom. The van der Waals surface area contributed by atoms with E-state index in [4.69, 9.17) is 8.92 Å². The zero-order valence-corrected chi connectivity index (χ0v) is 19.6. The molecule has 0 aliphatic carbocycles. The highest BCUT2D eigenvalue weighted by molar-refractivity contribution is 14.0. The van der Waals surface area contributed by atoms with Gasteiger partial charge in [0, 0.05) is 5.56 Å². The van der Waals surface area contributed by atoms with Gasteiger partial charge in [0.2, 0.25) is 0 Å². The third kappa shape index (κ3) is 6.21. The van der Waals surface area contributed by atoms with E-state index in [1.807, 2.05) is 43.3 Å². The van der Waals surface area contributed by atoms with E-state index in [0.29, 0.717) is 17.9 Å². The molecule has 4 nitrogen and oxygen atoms in total. The highest BCUT2D eigenvalue weighted by atomic mass is 127. The molecule has 0 radical (unpaired) electrons. The fraction of sp³-hybridized carbons (Fsp3) is 0.217. The van der Waals surface area contributed by atoms with Crippen LogP contribution in [0.1, 0.15) is 25.3 Å². The van der Waals surface area contributed by atoms with Gasteiger partial charge in [0.1, 0.15) is 10.6 Å². The van der Waals surface area contributed by atoms with E-state index in [0.717, 1.165) is 29.7 Å². The Morgan fingerprint density at radius 1 is 0.862 bits per heavy atom. The highest BCUT2D eigenvalue weighted by Gasteiger charge is 2.18. The van der Waals surface area contributed by atoms with E-state index < -0.39 is 10.1 Å². The second-order valence-corrected chi connectivity index (χ2v) is 8.12. The number of rotatable bonds is 8. The maximum Gasteiger partial charge on any atom is 0.339 e. The van der Waals surface area contributed by atoms with Crippen molar-refractivity contribution in [1.82, 2.24) is 0 Å². The van der Waals surface area contributed by atoms with E-state index in [-0.39, 0.29) is 28.9 Å². The van der Waals surface area contributed by atoms with Crippen LogP contribution in [0.3, 0.4) is 0 Å². The number of ether oxygens (including phenoxy) is 1. The zero-order valence-electron chi connectivity index (χ0n) is 16.5. The first-order valence-electron chi connectivity index (χ1n) is 9.33. The normalized spacial score (nSPS) is 10.8. The molecule has 0 aliphatic rings. The molecule has 3 rings (SSSR count). The topological polar surface area (TPSA) is 52.6 Å². The summed E-state index contributed by atoms with van der Waals surface area (Å²) < 4.78 is 36.5. The van der Waals surface area contributed by atoms with E-state index in [1.165, 1.54) is 0 Å². The maximum atomic E-state index is 12.7. The van der Waals surface area contributed by atoms with Crippen molar-refractivity contribution in [3.8, 4) is 22.6 Å². The summed E-state index contributed by atoms with van der Waals surface area (Å²) in [5.74, 6) is 1.09. The summed E-state index contributed by atoms with van der Waals surface area (Å²) in [5, 5.41) is 0. The van der Waals surface area contributed by atoms with Gasteiger partial charge in [0.25, 0.3) is 0 Å². The molecule has 3 aromatic carbocycles. The smallest absolute Gasteiger partial charge is 0.339 e. The number of unbranched alkanes of at least 4 members (excludes halogenated alkanes) is 1. The van der Waals surface area contributed by atoms with Crippen LogP contribution in [0.2, 0.25) is 0 Å². The Bertz CT molecular complexity index is 1010. The molecule has 0 bridgehead atoms. The fourth-order valence-corrected chi connectivity index (χ4v) is 3.66. The molecule has 0 aliphatic heterocycles. The van der Waals surface area contributed by atoms with Crippen molar-refractivity contribution in [2.24, 2.45) is 0 Å². The van der Waals surface area contributed by atoms with Crippen LogP contribution in [0.25, 0.3) is 11.1 Å². The van der Waals surface area contributed by atoms with Crippen LogP contribution < -0.4 is 8.92 Å². The largest absolute Gasteiger partial charge is 0.494 e.